The van der Waals surface area contributed by atoms with Crippen molar-refractivity contribution < 1.29 is 19.3 Å². The largest absolute Gasteiger partial charge is 0.497 e. The van der Waals surface area contributed by atoms with Crippen LogP contribution in [0.15, 0.2) is 23.2 Å². The number of guanidine groups is 1. The molecule has 7 nitrogen and oxygen atoms in total. The molecule has 162 valence electrons. The number of hydrogen-bond acceptors (Lipinski definition) is 5. The second-order valence-corrected chi connectivity index (χ2v) is 7.31. The second kappa shape index (κ2) is 13.1. The van der Waals surface area contributed by atoms with Crippen LogP contribution in [0.25, 0.3) is 0 Å². The lowest BCUT2D eigenvalue weighted by Crippen LogP contribution is -2.41. The molecule has 1 aromatic carbocycles. The summed E-state index contributed by atoms with van der Waals surface area (Å²) in [6, 6.07) is 5.35. The van der Waals surface area contributed by atoms with Crippen LogP contribution in [0.5, 0.6) is 11.5 Å². The van der Waals surface area contributed by atoms with Crippen LogP contribution in [0.2, 0.25) is 0 Å². The van der Waals surface area contributed by atoms with Crippen LogP contribution in [0, 0.1) is 5.41 Å². The maximum absolute atomic E-state index is 10.6. The smallest absolute Gasteiger partial charge is 0.191 e. The number of rotatable bonds is 9. The molecule has 28 heavy (non-hydrogen) atoms. The Morgan fingerprint density at radius 2 is 1.82 bits per heavy atom. The minimum Gasteiger partial charge on any atom is -0.497 e. The van der Waals surface area contributed by atoms with Gasteiger partial charge in [-0.2, -0.15) is 0 Å². The average Bonchev–Trinajstić information content (AvgIpc) is 2.64. The molecule has 2 atom stereocenters. The lowest BCUT2D eigenvalue weighted by molar-refractivity contribution is 0.0241. The van der Waals surface area contributed by atoms with E-state index in [1.807, 2.05) is 6.92 Å². The molecule has 0 aliphatic rings. The number of methoxy groups -OCH3 is 3. The summed E-state index contributed by atoms with van der Waals surface area (Å²) in [6.07, 6.45) is -0.781. The molecular formula is C20H36IN3O4. The fourth-order valence-corrected chi connectivity index (χ4v) is 2.62. The van der Waals surface area contributed by atoms with E-state index in [4.69, 9.17) is 14.2 Å². The van der Waals surface area contributed by atoms with Gasteiger partial charge in [0.1, 0.15) is 11.5 Å². The first-order valence-electron chi connectivity index (χ1n) is 9.21. The molecule has 0 amide bonds. The van der Waals surface area contributed by atoms with E-state index in [9.17, 15) is 5.11 Å². The van der Waals surface area contributed by atoms with Gasteiger partial charge in [0.15, 0.2) is 5.96 Å². The lowest BCUT2D eigenvalue weighted by atomic mass is 9.89. The van der Waals surface area contributed by atoms with Crippen molar-refractivity contribution >= 4 is 29.9 Å². The molecule has 3 N–H and O–H groups in total. The standard InChI is InChI=1S/C20H35N3O4.HI/c1-8-21-19(23-13-18(27-7)20(2,3)4)22-12-16(24)15-11-14(25-5)9-10-17(15)26-6;/h9-11,16,18,24H,8,12-13H2,1-7H3,(H2,21,22,23);1H. The molecule has 0 aliphatic carbocycles. The highest BCUT2D eigenvalue weighted by molar-refractivity contribution is 14.0. The van der Waals surface area contributed by atoms with Crippen molar-refractivity contribution in [3.05, 3.63) is 23.8 Å². The Bertz CT molecular complexity index is 606. The molecule has 2 unspecified atom stereocenters. The van der Waals surface area contributed by atoms with Gasteiger partial charge in [-0.15, -0.1) is 24.0 Å². The number of nitrogens with zero attached hydrogens (tertiary/aromatic N) is 1. The SMILES string of the molecule is CCNC(=NCC(OC)C(C)(C)C)NCC(O)c1cc(OC)ccc1OC.I. The number of halogens is 1. The van der Waals surface area contributed by atoms with E-state index in [2.05, 4.69) is 36.4 Å². The molecule has 0 heterocycles. The van der Waals surface area contributed by atoms with Crippen LogP contribution < -0.4 is 20.1 Å². The number of benzene rings is 1. The van der Waals surface area contributed by atoms with Crippen LogP contribution in [-0.2, 0) is 4.74 Å². The molecule has 0 radical (unpaired) electrons. The fraction of sp³-hybridized carbons (Fsp3) is 0.650. The van der Waals surface area contributed by atoms with Crippen LogP contribution in [-0.4, -0.2) is 58.1 Å². The van der Waals surface area contributed by atoms with E-state index in [0.717, 1.165) is 6.54 Å². The fourth-order valence-electron chi connectivity index (χ4n) is 2.62. The second-order valence-electron chi connectivity index (χ2n) is 7.31. The number of aliphatic imine (C=N–C) groups is 1. The summed E-state index contributed by atoms with van der Waals surface area (Å²) in [5.74, 6) is 1.91. The van der Waals surface area contributed by atoms with Crippen LogP contribution in [0.1, 0.15) is 39.4 Å². The van der Waals surface area contributed by atoms with Gasteiger partial charge >= 0.3 is 0 Å². The predicted molar refractivity (Wildman–Crippen MR) is 124 cm³/mol. The monoisotopic (exact) mass is 509 g/mol. The molecule has 0 saturated heterocycles. The third kappa shape index (κ3) is 8.40. The summed E-state index contributed by atoms with van der Waals surface area (Å²) in [4.78, 5) is 4.60. The van der Waals surface area contributed by atoms with Crippen molar-refractivity contribution in [2.45, 2.75) is 39.9 Å². The summed E-state index contributed by atoms with van der Waals surface area (Å²) < 4.78 is 16.1. The highest BCUT2D eigenvalue weighted by atomic mass is 127. The Morgan fingerprint density at radius 3 is 2.32 bits per heavy atom. The zero-order chi connectivity index (χ0) is 20.4. The van der Waals surface area contributed by atoms with Crippen LogP contribution >= 0.6 is 24.0 Å². The summed E-state index contributed by atoms with van der Waals surface area (Å²) in [5.41, 5.74) is 0.646. The topological polar surface area (TPSA) is 84.3 Å². The van der Waals surface area contributed by atoms with Gasteiger partial charge in [-0.1, -0.05) is 20.8 Å². The van der Waals surface area contributed by atoms with Crippen molar-refractivity contribution in [2.24, 2.45) is 10.4 Å². The van der Waals surface area contributed by atoms with Gasteiger partial charge in [0.25, 0.3) is 0 Å². The van der Waals surface area contributed by atoms with Crippen molar-refractivity contribution in [1.29, 1.82) is 0 Å². The first kappa shape index (κ1) is 26.7. The van der Waals surface area contributed by atoms with Crippen LogP contribution in [0.3, 0.4) is 0 Å². The van der Waals surface area contributed by atoms with E-state index in [0.29, 0.717) is 29.6 Å². The number of aliphatic hydroxyl groups is 1. The maximum atomic E-state index is 10.6. The Labute approximate surface area is 186 Å². The molecule has 8 heteroatoms. The molecule has 0 saturated carbocycles. The zero-order valence-corrected chi connectivity index (χ0v) is 20.4. The van der Waals surface area contributed by atoms with Crippen molar-refractivity contribution in [3.63, 3.8) is 0 Å². The molecule has 1 rings (SSSR count). The molecule has 1 aromatic rings. The quantitative estimate of drug-likeness (QED) is 0.270. The summed E-state index contributed by atoms with van der Waals surface area (Å²) in [7, 11) is 4.87. The number of ether oxygens (including phenoxy) is 3. The van der Waals surface area contributed by atoms with Crippen molar-refractivity contribution in [2.75, 3.05) is 41.0 Å². The van der Waals surface area contributed by atoms with Gasteiger partial charge in [-0.25, -0.2) is 0 Å². The average molecular weight is 509 g/mol. The summed E-state index contributed by atoms with van der Waals surface area (Å²) in [6.45, 7) is 9.88. The highest BCUT2D eigenvalue weighted by Gasteiger charge is 2.24. The number of hydrogen-bond donors (Lipinski definition) is 3. The molecule has 0 aromatic heterocycles. The van der Waals surface area contributed by atoms with E-state index in [1.54, 1.807) is 39.5 Å². The molecule has 0 aliphatic heterocycles. The number of nitrogens with one attached hydrogen (secondary N) is 2. The van der Waals surface area contributed by atoms with Crippen molar-refractivity contribution in [1.82, 2.24) is 10.6 Å². The Kier molecular flexibility index (Phi) is 12.5. The Balaban J connectivity index is 0.00000729. The van der Waals surface area contributed by atoms with E-state index in [1.165, 1.54) is 0 Å². The lowest BCUT2D eigenvalue weighted by Gasteiger charge is -2.28. The van der Waals surface area contributed by atoms with E-state index in [-0.39, 0.29) is 42.0 Å². The van der Waals surface area contributed by atoms with Crippen LogP contribution in [0.4, 0.5) is 0 Å². The highest BCUT2D eigenvalue weighted by Crippen LogP contribution is 2.29. The van der Waals surface area contributed by atoms with E-state index >= 15 is 0 Å². The van der Waals surface area contributed by atoms with Gasteiger partial charge in [0.05, 0.1) is 33.0 Å². The maximum Gasteiger partial charge on any atom is 0.191 e. The first-order chi connectivity index (χ1) is 12.8. The van der Waals surface area contributed by atoms with Gasteiger partial charge in [0.2, 0.25) is 0 Å². The van der Waals surface area contributed by atoms with Crippen molar-refractivity contribution in [3.8, 4) is 11.5 Å². The minimum absolute atomic E-state index is 0. The normalized spacial score (nSPS) is 13.9. The van der Waals surface area contributed by atoms with E-state index < -0.39 is 6.10 Å². The summed E-state index contributed by atoms with van der Waals surface area (Å²) >= 11 is 0. The third-order valence-corrected chi connectivity index (χ3v) is 4.27. The van der Waals surface area contributed by atoms with Gasteiger partial charge in [-0.05, 0) is 30.5 Å². The Hall–Kier alpha value is -1.26. The molecule has 0 bridgehead atoms. The Morgan fingerprint density at radius 1 is 1.14 bits per heavy atom. The molecular weight excluding hydrogens is 473 g/mol. The zero-order valence-electron chi connectivity index (χ0n) is 18.0. The minimum atomic E-state index is -0.778. The summed E-state index contributed by atoms with van der Waals surface area (Å²) in [5, 5.41) is 17.0. The van der Waals surface area contributed by atoms with Gasteiger partial charge in [0, 0.05) is 25.8 Å². The first-order valence-corrected chi connectivity index (χ1v) is 9.21. The van der Waals surface area contributed by atoms with Gasteiger partial charge < -0.3 is 30.0 Å². The predicted octanol–water partition coefficient (Wildman–Crippen LogP) is 2.97. The molecule has 0 spiro atoms. The number of aliphatic hydroxyl groups excluding tert-OH is 1. The third-order valence-electron chi connectivity index (χ3n) is 4.27. The van der Waals surface area contributed by atoms with Gasteiger partial charge in [-0.3, -0.25) is 4.99 Å². The molecule has 0 fully saturated rings.